The van der Waals surface area contributed by atoms with Crippen molar-refractivity contribution in [2.45, 2.75) is 32.6 Å². The minimum Gasteiger partial charge on any atom is -0.373 e. The lowest BCUT2D eigenvalue weighted by atomic mass is 10.1. The Morgan fingerprint density at radius 1 is 1.25 bits per heavy atom. The summed E-state index contributed by atoms with van der Waals surface area (Å²) in [6.07, 6.45) is 7.09. The summed E-state index contributed by atoms with van der Waals surface area (Å²) in [5.74, 6) is 2.70. The Morgan fingerprint density at radius 2 is 1.94 bits per heavy atom. The molecule has 1 aliphatic rings. The zero-order valence-corrected chi connectivity index (χ0v) is 10.1. The predicted molar refractivity (Wildman–Crippen MR) is 66.8 cm³/mol. The molecule has 0 atom stereocenters. The summed E-state index contributed by atoms with van der Waals surface area (Å²) >= 11 is 0. The number of nitrogens with one attached hydrogen (secondary N) is 2. The zero-order chi connectivity index (χ0) is 11.4. The van der Waals surface area contributed by atoms with Crippen LogP contribution >= 0.6 is 0 Å². The van der Waals surface area contributed by atoms with Crippen LogP contribution in [0.3, 0.4) is 0 Å². The second-order valence-electron chi connectivity index (χ2n) is 4.48. The first-order valence-electron chi connectivity index (χ1n) is 6.04. The monoisotopic (exact) mass is 220 g/mol. The molecule has 1 heterocycles. The molecule has 0 radical (unpaired) electrons. The summed E-state index contributed by atoms with van der Waals surface area (Å²) in [6.45, 7) is 3.09. The molecule has 4 heteroatoms. The van der Waals surface area contributed by atoms with Crippen LogP contribution in [-0.2, 0) is 0 Å². The maximum absolute atomic E-state index is 4.29. The first-order chi connectivity index (χ1) is 7.81. The number of anilines is 2. The van der Waals surface area contributed by atoms with E-state index >= 15 is 0 Å². The molecule has 0 aliphatic heterocycles. The number of aromatic nitrogens is 2. The molecule has 0 spiro atoms. The Bertz CT molecular complexity index is 345. The molecule has 1 fully saturated rings. The fourth-order valence-corrected chi connectivity index (χ4v) is 2.34. The van der Waals surface area contributed by atoms with E-state index in [0.717, 1.165) is 29.7 Å². The summed E-state index contributed by atoms with van der Waals surface area (Å²) in [6, 6.07) is 0. The van der Waals surface area contributed by atoms with Gasteiger partial charge in [-0.05, 0) is 25.7 Å². The third-order valence-corrected chi connectivity index (χ3v) is 3.35. The molecular formula is C12H20N4. The molecule has 16 heavy (non-hydrogen) atoms. The first kappa shape index (κ1) is 11.2. The van der Waals surface area contributed by atoms with E-state index in [2.05, 4.69) is 20.6 Å². The Hall–Kier alpha value is -1.32. The van der Waals surface area contributed by atoms with Gasteiger partial charge in [0.25, 0.3) is 0 Å². The lowest BCUT2D eigenvalue weighted by molar-refractivity contribution is 0.578. The van der Waals surface area contributed by atoms with Gasteiger partial charge in [0, 0.05) is 19.2 Å². The average molecular weight is 220 g/mol. The highest BCUT2D eigenvalue weighted by Gasteiger charge is 2.15. The lowest BCUT2D eigenvalue weighted by Gasteiger charge is -2.14. The van der Waals surface area contributed by atoms with Gasteiger partial charge in [0.15, 0.2) is 0 Å². The smallest absolute Gasteiger partial charge is 0.134 e. The van der Waals surface area contributed by atoms with Crippen LogP contribution in [0.1, 0.15) is 31.2 Å². The molecule has 1 aliphatic carbocycles. The van der Waals surface area contributed by atoms with Gasteiger partial charge in [0.1, 0.15) is 18.0 Å². The third kappa shape index (κ3) is 2.43. The summed E-state index contributed by atoms with van der Waals surface area (Å²) in [5, 5.41) is 6.51. The standard InChI is InChI=1S/C12H20N4/c1-9-11(13-2)15-8-16-12(9)14-7-10-5-3-4-6-10/h8,10H,3-7H2,1-2H3,(H2,13,14,15,16). The molecule has 88 valence electrons. The van der Waals surface area contributed by atoms with Gasteiger partial charge in [0.2, 0.25) is 0 Å². The van der Waals surface area contributed by atoms with E-state index in [1.54, 1.807) is 6.33 Å². The van der Waals surface area contributed by atoms with Crippen LogP contribution in [0.15, 0.2) is 6.33 Å². The van der Waals surface area contributed by atoms with Crippen molar-refractivity contribution >= 4 is 11.6 Å². The highest BCUT2D eigenvalue weighted by Crippen LogP contribution is 2.25. The van der Waals surface area contributed by atoms with Crippen molar-refractivity contribution in [2.75, 3.05) is 24.2 Å². The number of rotatable bonds is 4. The van der Waals surface area contributed by atoms with Crippen LogP contribution < -0.4 is 10.6 Å². The zero-order valence-electron chi connectivity index (χ0n) is 10.1. The normalized spacial score (nSPS) is 16.4. The summed E-state index contributed by atoms with van der Waals surface area (Å²) < 4.78 is 0. The summed E-state index contributed by atoms with van der Waals surface area (Å²) in [7, 11) is 1.89. The van der Waals surface area contributed by atoms with Gasteiger partial charge in [-0.25, -0.2) is 9.97 Å². The van der Waals surface area contributed by atoms with Crippen molar-refractivity contribution in [2.24, 2.45) is 5.92 Å². The van der Waals surface area contributed by atoms with Crippen LogP contribution in [0.2, 0.25) is 0 Å². The van der Waals surface area contributed by atoms with Crippen molar-refractivity contribution in [3.8, 4) is 0 Å². The van der Waals surface area contributed by atoms with Crippen molar-refractivity contribution in [1.82, 2.24) is 9.97 Å². The number of hydrogen-bond donors (Lipinski definition) is 2. The van der Waals surface area contributed by atoms with Gasteiger partial charge in [-0.15, -0.1) is 0 Å². The molecule has 2 N–H and O–H groups in total. The highest BCUT2D eigenvalue weighted by atomic mass is 15.1. The van der Waals surface area contributed by atoms with E-state index in [0.29, 0.717) is 0 Å². The molecular weight excluding hydrogens is 200 g/mol. The molecule has 1 aromatic heterocycles. The second-order valence-corrected chi connectivity index (χ2v) is 4.48. The van der Waals surface area contributed by atoms with E-state index < -0.39 is 0 Å². The molecule has 1 aromatic rings. The van der Waals surface area contributed by atoms with Gasteiger partial charge in [-0.3, -0.25) is 0 Å². The number of hydrogen-bond acceptors (Lipinski definition) is 4. The van der Waals surface area contributed by atoms with Crippen LogP contribution in [0.5, 0.6) is 0 Å². The van der Waals surface area contributed by atoms with E-state index in [1.807, 2.05) is 14.0 Å². The van der Waals surface area contributed by atoms with E-state index in [4.69, 9.17) is 0 Å². The fraction of sp³-hybridized carbons (Fsp3) is 0.667. The van der Waals surface area contributed by atoms with Crippen molar-refractivity contribution < 1.29 is 0 Å². The van der Waals surface area contributed by atoms with Gasteiger partial charge < -0.3 is 10.6 Å². The average Bonchev–Trinajstić information content (AvgIpc) is 2.81. The Kier molecular flexibility index (Phi) is 3.59. The van der Waals surface area contributed by atoms with Gasteiger partial charge in [0.05, 0.1) is 0 Å². The quantitative estimate of drug-likeness (QED) is 0.818. The largest absolute Gasteiger partial charge is 0.373 e. The van der Waals surface area contributed by atoms with Gasteiger partial charge in [-0.2, -0.15) is 0 Å². The van der Waals surface area contributed by atoms with Crippen molar-refractivity contribution in [3.63, 3.8) is 0 Å². The Labute approximate surface area is 96.9 Å². The van der Waals surface area contributed by atoms with Crippen molar-refractivity contribution in [3.05, 3.63) is 11.9 Å². The molecule has 0 amide bonds. The van der Waals surface area contributed by atoms with Gasteiger partial charge in [-0.1, -0.05) is 12.8 Å². The molecule has 4 nitrogen and oxygen atoms in total. The topological polar surface area (TPSA) is 49.8 Å². The summed E-state index contributed by atoms with van der Waals surface area (Å²) in [4.78, 5) is 8.46. The Balaban J connectivity index is 1.97. The first-order valence-corrected chi connectivity index (χ1v) is 6.04. The maximum atomic E-state index is 4.29. The van der Waals surface area contributed by atoms with Crippen LogP contribution in [0, 0.1) is 12.8 Å². The SMILES string of the molecule is CNc1ncnc(NCC2CCCC2)c1C. The molecule has 0 aromatic carbocycles. The lowest BCUT2D eigenvalue weighted by Crippen LogP contribution is -2.13. The van der Waals surface area contributed by atoms with Crippen molar-refractivity contribution in [1.29, 1.82) is 0 Å². The van der Waals surface area contributed by atoms with E-state index in [-0.39, 0.29) is 0 Å². The Morgan fingerprint density at radius 3 is 2.62 bits per heavy atom. The molecule has 0 unspecified atom stereocenters. The molecule has 1 saturated carbocycles. The van der Waals surface area contributed by atoms with Gasteiger partial charge >= 0.3 is 0 Å². The maximum Gasteiger partial charge on any atom is 0.134 e. The molecule has 2 rings (SSSR count). The predicted octanol–water partition coefficient (Wildman–Crippen LogP) is 2.43. The van der Waals surface area contributed by atoms with Crippen LogP contribution in [0.4, 0.5) is 11.6 Å². The molecule has 0 saturated heterocycles. The third-order valence-electron chi connectivity index (χ3n) is 3.35. The summed E-state index contributed by atoms with van der Waals surface area (Å²) in [5.41, 5.74) is 1.10. The van der Waals surface area contributed by atoms with Crippen LogP contribution in [0.25, 0.3) is 0 Å². The second kappa shape index (κ2) is 5.14. The minimum absolute atomic E-state index is 0.826. The molecule has 0 bridgehead atoms. The van der Waals surface area contributed by atoms with Crippen LogP contribution in [-0.4, -0.2) is 23.6 Å². The van der Waals surface area contributed by atoms with E-state index in [9.17, 15) is 0 Å². The number of nitrogens with zero attached hydrogens (tertiary/aromatic N) is 2. The highest BCUT2D eigenvalue weighted by molar-refractivity contribution is 5.56. The van der Waals surface area contributed by atoms with E-state index in [1.165, 1.54) is 25.7 Å². The fourth-order valence-electron chi connectivity index (χ4n) is 2.34. The minimum atomic E-state index is 0.826.